The topological polar surface area (TPSA) is 54.4 Å². The van der Waals surface area contributed by atoms with Gasteiger partial charge in [0.1, 0.15) is 5.75 Å². The predicted molar refractivity (Wildman–Crippen MR) is 104 cm³/mol. The molecule has 0 saturated carbocycles. The number of anilines is 1. The molecule has 1 aromatic carbocycles. The lowest BCUT2D eigenvalue weighted by Gasteiger charge is -2.22. The van der Waals surface area contributed by atoms with Crippen LogP contribution in [0.3, 0.4) is 0 Å². The molecule has 140 valence electrons. The molecule has 26 heavy (non-hydrogen) atoms. The molecule has 6 heteroatoms. The van der Waals surface area contributed by atoms with Gasteiger partial charge in [-0.1, -0.05) is 13.8 Å². The van der Waals surface area contributed by atoms with E-state index in [1.54, 1.807) is 13.3 Å². The molecule has 2 heterocycles. The summed E-state index contributed by atoms with van der Waals surface area (Å²) < 4.78 is 5.21. The molecular formula is C20H29N5O. The van der Waals surface area contributed by atoms with Crippen molar-refractivity contribution in [2.45, 2.75) is 20.3 Å². The van der Waals surface area contributed by atoms with Gasteiger partial charge in [-0.2, -0.15) is 5.10 Å². The van der Waals surface area contributed by atoms with Crippen LogP contribution in [0.15, 0.2) is 30.5 Å². The summed E-state index contributed by atoms with van der Waals surface area (Å²) in [5, 5.41) is 8.39. The summed E-state index contributed by atoms with van der Waals surface area (Å²) in [4.78, 5) is 9.40. The van der Waals surface area contributed by atoms with Crippen molar-refractivity contribution in [3.8, 4) is 17.0 Å². The molecule has 1 aliphatic heterocycles. The number of likely N-dealkylation sites (tertiary alicyclic amines) is 1. The van der Waals surface area contributed by atoms with Gasteiger partial charge in [0, 0.05) is 32.2 Å². The Morgan fingerprint density at radius 3 is 2.73 bits per heavy atom. The van der Waals surface area contributed by atoms with Crippen LogP contribution in [0.5, 0.6) is 5.75 Å². The zero-order valence-corrected chi connectivity index (χ0v) is 16.2. The SMILES string of the molecule is COc1ccc(-c2cnnc(N(C)C[C@@H]3CCN(CC(C)C)C3)n2)cc1. The lowest BCUT2D eigenvalue weighted by Crippen LogP contribution is -2.30. The highest BCUT2D eigenvalue weighted by atomic mass is 16.5. The van der Waals surface area contributed by atoms with Crippen molar-refractivity contribution in [3.05, 3.63) is 30.5 Å². The van der Waals surface area contributed by atoms with Crippen LogP contribution in [0, 0.1) is 11.8 Å². The second-order valence-corrected chi connectivity index (χ2v) is 7.56. The van der Waals surface area contributed by atoms with E-state index >= 15 is 0 Å². The fourth-order valence-electron chi connectivity index (χ4n) is 3.57. The maximum absolute atomic E-state index is 5.21. The summed E-state index contributed by atoms with van der Waals surface area (Å²) >= 11 is 0. The number of ether oxygens (including phenoxy) is 1. The Bertz CT molecular complexity index is 704. The van der Waals surface area contributed by atoms with Crippen LogP contribution < -0.4 is 9.64 Å². The fraction of sp³-hybridized carbons (Fsp3) is 0.550. The molecule has 1 aromatic heterocycles. The smallest absolute Gasteiger partial charge is 0.245 e. The first-order valence-corrected chi connectivity index (χ1v) is 9.32. The van der Waals surface area contributed by atoms with E-state index in [9.17, 15) is 0 Å². The molecule has 0 amide bonds. The molecule has 0 bridgehead atoms. The predicted octanol–water partition coefficient (Wildman–Crippen LogP) is 2.96. The van der Waals surface area contributed by atoms with Crippen LogP contribution in [0.25, 0.3) is 11.3 Å². The Balaban J connectivity index is 1.64. The number of benzene rings is 1. The Morgan fingerprint density at radius 1 is 1.27 bits per heavy atom. The first-order valence-electron chi connectivity index (χ1n) is 9.32. The van der Waals surface area contributed by atoms with Crippen LogP contribution >= 0.6 is 0 Å². The van der Waals surface area contributed by atoms with Gasteiger partial charge in [0.25, 0.3) is 0 Å². The van der Waals surface area contributed by atoms with Gasteiger partial charge in [-0.25, -0.2) is 4.98 Å². The average molecular weight is 355 g/mol. The van der Waals surface area contributed by atoms with Gasteiger partial charge in [-0.15, -0.1) is 5.10 Å². The van der Waals surface area contributed by atoms with E-state index < -0.39 is 0 Å². The average Bonchev–Trinajstić information content (AvgIpc) is 3.08. The number of methoxy groups -OCH3 is 1. The number of aromatic nitrogens is 3. The summed E-state index contributed by atoms with van der Waals surface area (Å²) in [6.45, 7) is 9.07. The fourth-order valence-corrected chi connectivity index (χ4v) is 3.57. The quantitative estimate of drug-likeness (QED) is 0.761. The number of nitrogens with zero attached hydrogens (tertiary/aromatic N) is 5. The van der Waals surface area contributed by atoms with Crippen LogP contribution in [0.4, 0.5) is 5.95 Å². The monoisotopic (exact) mass is 355 g/mol. The third kappa shape index (κ3) is 4.69. The minimum Gasteiger partial charge on any atom is -0.497 e. The summed E-state index contributed by atoms with van der Waals surface area (Å²) in [7, 11) is 3.72. The molecule has 1 atom stereocenters. The van der Waals surface area contributed by atoms with E-state index in [0.717, 1.165) is 36.0 Å². The van der Waals surface area contributed by atoms with Crippen LogP contribution in [-0.4, -0.2) is 60.4 Å². The molecule has 2 aromatic rings. The van der Waals surface area contributed by atoms with Gasteiger partial charge < -0.3 is 14.5 Å². The number of hydrogen-bond acceptors (Lipinski definition) is 6. The molecule has 1 fully saturated rings. The van der Waals surface area contributed by atoms with Gasteiger partial charge in [0.15, 0.2) is 0 Å². The van der Waals surface area contributed by atoms with Crippen molar-refractivity contribution in [1.82, 2.24) is 20.1 Å². The Morgan fingerprint density at radius 2 is 2.04 bits per heavy atom. The van der Waals surface area contributed by atoms with Gasteiger partial charge in [0.2, 0.25) is 5.95 Å². The third-order valence-electron chi connectivity index (χ3n) is 4.80. The molecule has 0 aliphatic carbocycles. The summed E-state index contributed by atoms with van der Waals surface area (Å²) in [5.74, 6) is 2.90. The Hall–Kier alpha value is -2.21. The zero-order valence-electron chi connectivity index (χ0n) is 16.2. The summed E-state index contributed by atoms with van der Waals surface area (Å²) in [5.41, 5.74) is 1.84. The Kier molecular flexibility index (Phi) is 6.04. The minimum atomic E-state index is 0.659. The molecule has 0 unspecified atom stereocenters. The highest BCUT2D eigenvalue weighted by molar-refractivity contribution is 5.60. The minimum absolute atomic E-state index is 0.659. The molecule has 3 rings (SSSR count). The van der Waals surface area contributed by atoms with E-state index in [2.05, 4.69) is 40.9 Å². The van der Waals surface area contributed by atoms with Gasteiger partial charge in [-0.3, -0.25) is 0 Å². The lowest BCUT2D eigenvalue weighted by atomic mass is 10.1. The molecule has 6 nitrogen and oxygen atoms in total. The first kappa shape index (κ1) is 18.6. The maximum Gasteiger partial charge on any atom is 0.245 e. The summed E-state index contributed by atoms with van der Waals surface area (Å²) in [6, 6.07) is 7.85. The second kappa shape index (κ2) is 8.45. The number of rotatable bonds is 7. The van der Waals surface area contributed by atoms with E-state index in [1.165, 1.54) is 19.5 Å². The van der Waals surface area contributed by atoms with E-state index in [-0.39, 0.29) is 0 Å². The highest BCUT2D eigenvalue weighted by Gasteiger charge is 2.24. The maximum atomic E-state index is 5.21. The molecule has 1 aliphatic rings. The van der Waals surface area contributed by atoms with Crippen LogP contribution in [0.1, 0.15) is 20.3 Å². The largest absolute Gasteiger partial charge is 0.497 e. The van der Waals surface area contributed by atoms with Crippen molar-refractivity contribution >= 4 is 5.95 Å². The van der Waals surface area contributed by atoms with Crippen molar-refractivity contribution in [2.24, 2.45) is 11.8 Å². The van der Waals surface area contributed by atoms with Crippen molar-refractivity contribution in [2.75, 3.05) is 45.2 Å². The van der Waals surface area contributed by atoms with E-state index in [0.29, 0.717) is 11.9 Å². The molecule has 0 radical (unpaired) electrons. The Labute approximate surface area is 156 Å². The van der Waals surface area contributed by atoms with Crippen LogP contribution in [-0.2, 0) is 0 Å². The first-order chi connectivity index (χ1) is 12.5. The molecule has 0 N–H and O–H groups in total. The van der Waals surface area contributed by atoms with Crippen molar-refractivity contribution < 1.29 is 4.74 Å². The molecule has 1 saturated heterocycles. The molecular weight excluding hydrogens is 326 g/mol. The highest BCUT2D eigenvalue weighted by Crippen LogP contribution is 2.23. The van der Waals surface area contributed by atoms with Gasteiger partial charge in [-0.05, 0) is 49.1 Å². The standard InChI is InChI=1S/C20H29N5O/c1-15(2)12-25-10-9-16(14-25)13-24(3)20-22-19(11-21-23-20)17-5-7-18(26-4)8-6-17/h5-8,11,15-16H,9-10,12-14H2,1-4H3/t16-/m0/s1. The third-order valence-corrected chi connectivity index (χ3v) is 4.80. The van der Waals surface area contributed by atoms with E-state index in [1.807, 2.05) is 24.3 Å². The number of hydrogen-bond donors (Lipinski definition) is 0. The van der Waals surface area contributed by atoms with Crippen molar-refractivity contribution in [1.29, 1.82) is 0 Å². The summed E-state index contributed by atoms with van der Waals surface area (Å²) in [6.07, 6.45) is 2.95. The van der Waals surface area contributed by atoms with Gasteiger partial charge in [0.05, 0.1) is 19.0 Å². The normalized spacial score (nSPS) is 17.7. The lowest BCUT2D eigenvalue weighted by molar-refractivity contribution is 0.287. The van der Waals surface area contributed by atoms with Gasteiger partial charge >= 0.3 is 0 Å². The van der Waals surface area contributed by atoms with Crippen LogP contribution in [0.2, 0.25) is 0 Å². The van der Waals surface area contributed by atoms with Crippen molar-refractivity contribution in [3.63, 3.8) is 0 Å². The van der Waals surface area contributed by atoms with E-state index in [4.69, 9.17) is 9.72 Å². The zero-order chi connectivity index (χ0) is 18.5. The molecule has 0 spiro atoms. The second-order valence-electron chi connectivity index (χ2n) is 7.56.